The van der Waals surface area contributed by atoms with Gasteiger partial charge in [-0.05, 0) is 49.8 Å². The van der Waals surface area contributed by atoms with Crippen molar-refractivity contribution in [3.8, 4) is 11.5 Å². The number of nitrogens with one attached hydrogen (secondary N) is 1. The quantitative estimate of drug-likeness (QED) is 0.638. The van der Waals surface area contributed by atoms with E-state index in [0.717, 1.165) is 18.7 Å². The SMILES string of the molecule is CCN(C)Cc1cccc(CNC(=O)COc2ccc(C(C)=O)cc2OC)c1. The number of rotatable bonds is 10. The Labute approximate surface area is 166 Å². The number of hydrogen-bond donors (Lipinski definition) is 1. The Hall–Kier alpha value is -2.86. The first-order chi connectivity index (χ1) is 13.4. The van der Waals surface area contributed by atoms with Crippen LogP contribution in [-0.4, -0.2) is 43.9 Å². The molecule has 0 unspecified atom stereocenters. The number of ketones is 1. The first kappa shape index (κ1) is 21.4. The monoisotopic (exact) mass is 384 g/mol. The van der Waals surface area contributed by atoms with Gasteiger partial charge in [0.15, 0.2) is 23.9 Å². The van der Waals surface area contributed by atoms with Gasteiger partial charge in [-0.25, -0.2) is 0 Å². The van der Waals surface area contributed by atoms with Crippen LogP contribution in [0.4, 0.5) is 0 Å². The van der Waals surface area contributed by atoms with Crippen molar-refractivity contribution in [1.29, 1.82) is 0 Å². The third-order valence-electron chi connectivity index (χ3n) is 4.40. The highest BCUT2D eigenvalue weighted by atomic mass is 16.5. The van der Waals surface area contributed by atoms with Crippen LogP contribution in [0, 0.1) is 0 Å². The normalized spacial score (nSPS) is 10.6. The van der Waals surface area contributed by atoms with Gasteiger partial charge < -0.3 is 19.7 Å². The zero-order chi connectivity index (χ0) is 20.5. The molecule has 2 aromatic rings. The van der Waals surface area contributed by atoms with Crippen molar-refractivity contribution < 1.29 is 19.1 Å². The van der Waals surface area contributed by atoms with Crippen molar-refractivity contribution in [3.05, 3.63) is 59.2 Å². The lowest BCUT2D eigenvalue weighted by molar-refractivity contribution is -0.123. The van der Waals surface area contributed by atoms with Crippen molar-refractivity contribution >= 4 is 11.7 Å². The van der Waals surface area contributed by atoms with Crippen molar-refractivity contribution in [2.45, 2.75) is 26.9 Å². The minimum absolute atomic E-state index is 0.0602. The molecule has 28 heavy (non-hydrogen) atoms. The van der Waals surface area contributed by atoms with E-state index in [1.807, 2.05) is 12.1 Å². The van der Waals surface area contributed by atoms with Crippen molar-refractivity contribution in [3.63, 3.8) is 0 Å². The van der Waals surface area contributed by atoms with Gasteiger partial charge in [0, 0.05) is 18.7 Å². The zero-order valence-corrected chi connectivity index (χ0v) is 17.0. The van der Waals surface area contributed by atoms with Gasteiger partial charge in [0.25, 0.3) is 5.91 Å². The van der Waals surface area contributed by atoms with Crippen LogP contribution >= 0.6 is 0 Å². The number of ether oxygens (including phenoxy) is 2. The van der Waals surface area contributed by atoms with E-state index in [1.165, 1.54) is 19.6 Å². The van der Waals surface area contributed by atoms with E-state index < -0.39 is 0 Å². The number of carbonyl (C=O) groups excluding carboxylic acids is 2. The highest BCUT2D eigenvalue weighted by Gasteiger charge is 2.10. The van der Waals surface area contributed by atoms with Crippen LogP contribution in [0.5, 0.6) is 11.5 Å². The van der Waals surface area contributed by atoms with E-state index >= 15 is 0 Å². The molecule has 150 valence electrons. The summed E-state index contributed by atoms with van der Waals surface area (Å²) in [5.74, 6) is 0.559. The second-order valence-corrected chi connectivity index (χ2v) is 6.64. The van der Waals surface area contributed by atoms with Crippen LogP contribution in [0.1, 0.15) is 35.3 Å². The maximum Gasteiger partial charge on any atom is 0.258 e. The van der Waals surface area contributed by atoms with E-state index in [4.69, 9.17) is 9.47 Å². The van der Waals surface area contributed by atoms with Crippen LogP contribution < -0.4 is 14.8 Å². The number of Topliss-reactive ketones (excluding diaryl/α,β-unsaturated/α-hetero) is 1. The molecule has 6 nitrogen and oxygen atoms in total. The number of nitrogens with zero attached hydrogens (tertiary/aromatic N) is 1. The van der Waals surface area contributed by atoms with Gasteiger partial charge in [0.1, 0.15) is 0 Å². The molecule has 0 saturated heterocycles. The lowest BCUT2D eigenvalue weighted by Crippen LogP contribution is -2.28. The Morgan fingerprint density at radius 1 is 1.07 bits per heavy atom. The largest absolute Gasteiger partial charge is 0.493 e. The molecule has 2 rings (SSSR count). The van der Waals surface area contributed by atoms with Crippen LogP contribution in [0.2, 0.25) is 0 Å². The third kappa shape index (κ3) is 6.39. The summed E-state index contributed by atoms with van der Waals surface area (Å²) >= 11 is 0. The fourth-order valence-corrected chi connectivity index (χ4v) is 2.66. The number of methoxy groups -OCH3 is 1. The molecular weight excluding hydrogens is 356 g/mol. The summed E-state index contributed by atoms with van der Waals surface area (Å²) in [4.78, 5) is 25.8. The molecule has 0 fully saturated rings. The topological polar surface area (TPSA) is 67.9 Å². The van der Waals surface area contributed by atoms with Gasteiger partial charge in [-0.15, -0.1) is 0 Å². The van der Waals surface area contributed by atoms with Gasteiger partial charge in [0.05, 0.1) is 7.11 Å². The first-order valence-electron chi connectivity index (χ1n) is 9.27. The maximum atomic E-state index is 12.1. The second-order valence-electron chi connectivity index (χ2n) is 6.64. The number of hydrogen-bond acceptors (Lipinski definition) is 5. The van der Waals surface area contributed by atoms with E-state index in [-0.39, 0.29) is 18.3 Å². The van der Waals surface area contributed by atoms with E-state index in [9.17, 15) is 9.59 Å². The number of benzene rings is 2. The van der Waals surface area contributed by atoms with Crippen molar-refractivity contribution in [2.24, 2.45) is 0 Å². The molecule has 0 heterocycles. The Bertz CT molecular complexity index is 820. The lowest BCUT2D eigenvalue weighted by Gasteiger charge is -2.15. The van der Waals surface area contributed by atoms with Crippen LogP contribution in [0.15, 0.2) is 42.5 Å². The summed E-state index contributed by atoms with van der Waals surface area (Å²) in [6.07, 6.45) is 0. The summed E-state index contributed by atoms with van der Waals surface area (Å²) in [5.41, 5.74) is 2.78. The Balaban J connectivity index is 1.88. The van der Waals surface area contributed by atoms with Crippen molar-refractivity contribution in [2.75, 3.05) is 27.3 Å². The highest BCUT2D eigenvalue weighted by Crippen LogP contribution is 2.28. The van der Waals surface area contributed by atoms with Crippen LogP contribution in [-0.2, 0) is 17.9 Å². The average molecular weight is 384 g/mol. The molecule has 1 amide bonds. The Morgan fingerprint density at radius 2 is 1.82 bits per heavy atom. The van der Waals surface area contributed by atoms with Gasteiger partial charge in [-0.2, -0.15) is 0 Å². The molecule has 0 aliphatic carbocycles. The summed E-state index contributed by atoms with van der Waals surface area (Å²) in [6.45, 7) is 5.76. The van der Waals surface area contributed by atoms with Crippen LogP contribution in [0.25, 0.3) is 0 Å². The minimum atomic E-state index is -0.228. The number of amides is 1. The first-order valence-corrected chi connectivity index (χ1v) is 9.27. The molecule has 0 bridgehead atoms. The molecule has 0 saturated carbocycles. The standard InChI is InChI=1S/C22H28N2O4/c1-5-24(3)14-18-8-6-7-17(11-18)13-23-22(26)15-28-20-10-9-19(16(2)25)12-21(20)27-4/h6-12H,5,13-15H2,1-4H3,(H,23,26). The molecule has 1 N–H and O–H groups in total. The predicted octanol–water partition coefficient (Wildman–Crippen LogP) is 3.04. The van der Waals surface area contributed by atoms with E-state index in [2.05, 4.69) is 36.3 Å². The fraction of sp³-hybridized carbons (Fsp3) is 0.364. The Kier molecular flexibility index (Phi) is 8.02. The van der Waals surface area contributed by atoms with E-state index in [0.29, 0.717) is 23.6 Å². The molecule has 0 aromatic heterocycles. The minimum Gasteiger partial charge on any atom is -0.493 e. The van der Waals surface area contributed by atoms with Crippen LogP contribution in [0.3, 0.4) is 0 Å². The summed E-state index contributed by atoms with van der Waals surface area (Å²) < 4.78 is 10.8. The zero-order valence-electron chi connectivity index (χ0n) is 17.0. The van der Waals surface area contributed by atoms with Crippen molar-refractivity contribution in [1.82, 2.24) is 10.2 Å². The summed E-state index contributed by atoms with van der Waals surface area (Å²) in [5, 5.41) is 2.86. The average Bonchev–Trinajstić information content (AvgIpc) is 2.70. The summed E-state index contributed by atoms with van der Waals surface area (Å²) in [7, 11) is 3.57. The highest BCUT2D eigenvalue weighted by molar-refractivity contribution is 5.94. The van der Waals surface area contributed by atoms with Gasteiger partial charge in [-0.3, -0.25) is 9.59 Å². The number of carbonyl (C=O) groups is 2. The molecule has 0 atom stereocenters. The van der Waals surface area contributed by atoms with Gasteiger partial charge in [0.2, 0.25) is 0 Å². The van der Waals surface area contributed by atoms with E-state index in [1.54, 1.807) is 18.2 Å². The summed E-state index contributed by atoms with van der Waals surface area (Å²) in [6, 6.07) is 13.1. The van der Waals surface area contributed by atoms with Gasteiger partial charge in [-0.1, -0.05) is 31.2 Å². The maximum absolute atomic E-state index is 12.1. The second kappa shape index (κ2) is 10.5. The molecular formula is C22H28N2O4. The molecule has 0 aliphatic rings. The molecule has 0 aliphatic heterocycles. The van der Waals surface area contributed by atoms with Gasteiger partial charge >= 0.3 is 0 Å². The predicted molar refractivity (Wildman–Crippen MR) is 109 cm³/mol. The molecule has 0 radical (unpaired) electrons. The fourth-order valence-electron chi connectivity index (χ4n) is 2.66. The Morgan fingerprint density at radius 3 is 2.50 bits per heavy atom. The molecule has 6 heteroatoms. The lowest BCUT2D eigenvalue weighted by atomic mass is 10.1. The molecule has 0 spiro atoms. The third-order valence-corrected chi connectivity index (χ3v) is 4.40. The molecule has 2 aromatic carbocycles. The smallest absolute Gasteiger partial charge is 0.258 e.